The molecule has 0 aliphatic carbocycles. The van der Waals surface area contributed by atoms with Crippen molar-refractivity contribution in [2.24, 2.45) is 5.41 Å². The Morgan fingerprint density at radius 3 is 2.54 bits per heavy atom. The van der Waals surface area contributed by atoms with Crippen LogP contribution in [0.2, 0.25) is 0 Å². The average molecular weight is 183 g/mol. The molecule has 0 atom stereocenters. The molecule has 0 bridgehead atoms. The number of nitrogens with zero attached hydrogens (tertiary/aromatic N) is 1. The monoisotopic (exact) mass is 183 g/mol. The molecule has 1 rings (SSSR count). The van der Waals surface area contributed by atoms with Gasteiger partial charge in [0.1, 0.15) is 0 Å². The highest BCUT2D eigenvalue weighted by Crippen LogP contribution is 2.29. The SMILES string of the molecule is C=CC(=O)N1CCC(C)(CO)CC1. The van der Waals surface area contributed by atoms with E-state index < -0.39 is 0 Å². The molecule has 1 heterocycles. The highest BCUT2D eigenvalue weighted by atomic mass is 16.3. The lowest BCUT2D eigenvalue weighted by Crippen LogP contribution is -2.42. The Morgan fingerprint density at radius 2 is 2.15 bits per heavy atom. The van der Waals surface area contributed by atoms with E-state index in [-0.39, 0.29) is 17.9 Å². The van der Waals surface area contributed by atoms with E-state index >= 15 is 0 Å². The minimum Gasteiger partial charge on any atom is -0.396 e. The second-order valence-corrected chi connectivity index (χ2v) is 4.00. The molecule has 0 unspecified atom stereocenters. The van der Waals surface area contributed by atoms with Gasteiger partial charge in [-0.25, -0.2) is 0 Å². The number of amides is 1. The lowest BCUT2D eigenvalue weighted by atomic mass is 9.81. The number of likely N-dealkylation sites (tertiary alicyclic amines) is 1. The molecule has 0 aromatic heterocycles. The summed E-state index contributed by atoms with van der Waals surface area (Å²) in [4.78, 5) is 13.0. The maximum atomic E-state index is 11.2. The zero-order valence-electron chi connectivity index (χ0n) is 8.12. The van der Waals surface area contributed by atoms with E-state index in [0.717, 1.165) is 25.9 Å². The summed E-state index contributed by atoms with van der Waals surface area (Å²) in [6, 6.07) is 0. The maximum absolute atomic E-state index is 11.2. The van der Waals surface area contributed by atoms with Gasteiger partial charge in [-0.15, -0.1) is 0 Å². The zero-order chi connectivity index (χ0) is 9.90. The Morgan fingerprint density at radius 1 is 1.62 bits per heavy atom. The van der Waals surface area contributed by atoms with Crippen LogP contribution >= 0.6 is 0 Å². The summed E-state index contributed by atoms with van der Waals surface area (Å²) >= 11 is 0. The van der Waals surface area contributed by atoms with Crippen molar-refractivity contribution in [1.29, 1.82) is 0 Å². The molecule has 0 saturated carbocycles. The van der Waals surface area contributed by atoms with E-state index in [1.807, 2.05) is 0 Å². The van der Waals surface area contributed by atoms with Crippen molar-refractivity contribution in [3.05, 3.63) is 12.7 Å². The minimum atomic E-state index is -0.00000945. The maximum Gasteiger partial charge on any atom is 0.245 e. The zero-order valence-corrected chi connectivity index (χ0v) is 8.12. The van der Waals surface area contributed by atoms with Crippen LogP contribution in [0.5, 0.6) is 0 Å². The largest absolute Gasteiger partial charge is 0.396 e. The van der Waals surface area contributed by atoms with Crippen LogP contribution in [0.25, 0.3) is 0 Å². The number of rotatable bonds is 2. The number of carbonyl (C=O) groups excluding carboxylic acids is 1. The van der Waals surface area contributed by atoms with Crippen molar-refractivity contribution in [3.8, 4) is 0 Å². The molecule has 1 aliphatic heterocycles. The molecular formula is C10H17NO2. The Hall–Kier alpha value is -0.830. The highest BCUT2D eigenvalue weighted by Gasteiger charge is 2.30. The number of piperidine rings is 1. The molecule has 0 aromatic rings. The number of aliphatic hydroxyl groups excluding tert-OH is 1. The molecule has 3 nitrogen and oxygen atoms in total. The van der Waals surface area contributed by atoms with Crippen molar-refractivity contribution < 1.29 is 9.90 Å². The van der Waals surface area contributed by atoms with E-state index in [4.69, 9.17) is 5.11 Å². The third-order valence-electron chi connectivity index (χ3n) is 2.84. The van der Waals surface area contributed by atoms with Crippen LogP contribution in [0.15, 0.2) is 12.7 Å². The van der Waals surface area contributed by atoms with E-state index in [9.17, 15) is 4.79 Å². The summed E-state index contributed by atoms with van der Waals surface area (Å²) in [5.74, 6) is -0.00000945. The van der Waals surface area contributed by atoms with Gasteiger partial charge >= 0.3 is 0 Å². The molecule has 0 spiro atoms. The van der Waals surface area contributed by atoms with Gasteiger partial charge in [0.2, 0.25) is 5.91 Å². The average Bonchev–Trinajstić information content (AvgIpc) is 2.18. The van der Waals surface area contributed by atoms with Crippen molar-refractivity contribution >= 4 is 5.91 Å². The lowest BCUT2D eigenvalue weighted by Gasteiger charge is -2.37. The third kappa shape index (κ3) is 2.31. The summed E-state index contributed by atoms with van der Waals surface area (Å²) in [5, 5.41) is 9.11. The Labute approximate surface area is 79.0 Å². The van der Waals surface area contributed by atoms with E-state index in [0.29, 0.717) is 0 Å². The van der Waals surface area contributed by atoms with Crippen molar-refractivity contribution in [1.82, 2.24) is 4.90 Å². The third-order valence-corrected chi connectivity index (χ3v) is 2.84. The fourth-order valence-corrected chi connectivity index (χ4v) is 1.55. The molecule has 1 amide bonds. The lowest BCUT2D eigenvalue weighted by molar-refractivity contribution is -0.128. The molecule has 1 fully saturated rings. The molecule has 0 radical (unpaired) electrons. The van der Waals surface area contributed by atoms with Crippen LogP contribution in [0.4, 0.5) is 0 Å². The number of hydrogen-bond acceptors (Lipinski definition) is 2. The van der Waals surface area contributed by atoms with Crippen LogP contribution < -0.4 is 0 Å². The first kappa shape index (κ1) is 10.3. The molecule has 1 N–H and O–H groups in total. The first-order valence-corrected chi connectivity index (χ1v) is 4.63. The Kier molecular flexibility index (Phi) is 3.09. The van der Waals surface area contributed by atoms with Crippen LogP contribution in [0.3, 0.4) is 0 Å². The number of hydrogen-bond donors (Lipinski definition) is 1. The summed E-state index contributed by atoms with van der Waals surface area (Å²) in [6.07, 6.45) is 3.10. The first-order chi connectivity index (χ1) is 6.11. The number of aliphatic hydroxyl groups is 1. The second-order valence-electron chi connectivity index (χ2n) is 4.00. The summed E-state index contributed by atoms with van der Waals surface area (Å²) in [7, 11) is 0. The summed E-state index contributed by atoms with van der Waals surface area (Å²) in [5.41, 5.74) is 0.0119. The Bertz CT molecular complexity index is 205. The molecule has 1 aliphatic rings. The van der Waals surface area contributed by atoms with Crippen LogP contribution in [-0.2, 0) is 4.79 Å². The van der Waals surface area contributed by atoms with Gasteiger partial charge in [0.25, 0.3) is 0 Å². The van der Waals surface area contributed by atoms with Crippen LogP contribution in [-0.4, -0.2) is 35.6 Å². The molecule has 0 aromatic carbocycles. The molecular weight excluding hydrogens is 166 g/mol. The quantitative estimate of drug-likeness (QED) is 0.643. The number of carbonyl (C=O) groups is 1. The van der Waals surface area contributed by atoms with Gasteiger partial charge in [0.05, 0.1) is 0 Å². The Balaban J connectivity index is 2.47. The fraction of sp³-hybridized carbons (Fsp3) is 0.700. The van der Waals surface area contributed by atoms with Crippen LogP contribution in [0, 0.1) is 5.41 Å². The van der Waals surface area contributed by atoms with E-state index in [1.165, 1.54) is 6.08 Å². The van der Waals surface area contributed by atoms with Gasteiger partial charge in [-0.3, -0.25) is 4.79 Å². The molecule has 1 saturated heterocycles. The molecule has 3 heteroatoms. The van der Waals surface area contributed by atoms with E-state index in [2.05, 4.69) is 13.5 Å². The topological polar surface area (TPSA) is 40.5 Å². The smallest absolute Gasteiger partial charge is 0.245 e. The van der Waals surface area contributed by atoms with Gasteiger partial charge < -0.3 is 10.0 Å². The van der Waals surface area contributed by atoms with E-state index in [1.54, 1.807) is 4.90 Å². The first-order valence-electron chi connectivity index (χ1n) is 4.63. The fourth-order valence-electron chi connectivity index (χ4n) is 1.55. The van der Waals surface area contributed by atoms with Crippen molar-refractivity contribution in [3.63, 3.8) is 0 Å². The van der Waals surface area contributed by atoms with Crippen molar-refractivity contribution in [2.45, 2.75) is 19.8 Å². The van der Waals surface area contributed by atoms with Crippen LogP contribution in [0.1, 0.15) is 19.8 Å². The highest BCUT2D eigenvalue weighted by molar-refractivity contribution is 5.87. The molecule has 13 heavy (non-hydrogen) atoms. The van der Waals surface area contributed by atoms with Gasteiger partial charge in [0, 0.05) is 19.7 Å². The molecule has 74 valence electrons. The summed E-state index contributed by atoms with van der Waals surface area (Å²) < 4.78 is 0. The van der Waals surface area contributed by atoms with Crippen molar-refractivity contribution in [2.75, 3.05) is 19.7 Å². The van der Waals surface area contributed by atoms with Gasteiger partial charge in [-0.2, -0.15) is 0 Å². The minimum absolute atomic E-state index is 0.00000945. The normalized spacial score (nSPS) is 21.2. The second kappa shape index (κ2) is 3.92. The predicted molar refractivity (Wildman–Crippen MR) is 51.2 cm³/mol. The van der Waals surface area contributed by atoms with Gasteiger partial charge in [-0.1, -0.05) is 13.5 Å². The summed E-state index contributed by atoms with van der Waals surface area (Å²) in [6.45, 7) is 7.20. The standard InChI is InChI=1S/C10H17NO2/c1-3-9(13)11-6-4-10(2,8-12)5-7-11/h3,12H,1,4-8H2,2H3. The van der Waals surface area contributed by atoms with Gasteiger partial charge in [0.15, 0.2) is 0 Å². The van der Waals surface area contributed by atoms with Gasteiger partial charge in [-0.05, 0) is 24.3 Å². The predicted octanol–water partition coefficient (Wildman–Crippen LogP) is 0.793.